The van der Waals surface area contributed by atoms with Crippen molar-refractivity contribution in [3.63, 3.8) is 0 Å². The van der Waals surface area contributed by atoms with Gasteiger partial charge in [0.15, 0.2) is 0 Å². The van der Waals surface area contributed by atoms with Gasteiger partial charge in [0.1, 0.15) is 6.61 Å². The molecule has 1 aromatic rings. The molecular formula is C22H29NO3. The van der Waals surface area contributed by atoms with Gasteiger partial charge in [-0.2, -0.15) is 0 Å². The lowest BCUT2D eigenvalue weighted by Crippen LogP contribution is -2.56. The van der Waals surface area contributed by atoms with Gasteiger partial charge < -0.3 is 9.47 Å². The number of unbranched alkanes of at least 4 members (excludes halogenated alkanes) is 3. The molecule has 0 N–H and O–H groups in total. The largest absolute Gasteiger partial charge is 0.445 e. The van der Waals surface area contributed by atoms with Crippen LogP contribution < -0.4 is 0 Å². The zero-order chi connectivity index (χ0) is 18.2. The summed E-state index contributed by atoms with van der Waals surface area (Å²) >= 11 is 0. The van der Waals surface area contributed by atoms with E-state index >= 15 is 0 Å². The van der Waals surface area contributed by atoms with Gasteiger partial charge in [-0.3, -0.25) is 4.90 Å². The van der Waals surface area contributed by atoms with Crippen LogP contribution >= 0.6 is 0 Å². The molecule has 2 heterocycles. The van der Waals surface area contributed by atoms with Crippen LogP contribution in [0.15, 0.2) is 54.6 Å². The summed E-state index contributed by atoms with van der Waals surface area (Å²) in [7, 11) is 0. The number of fused-ring (bicyclic) bond motifs is 2. The van der Waals surface area contributed by atoms with Gasteiger partial charge in [0, 0.05) is 0 Å². The lowest BCUT2D eigenvalue weighted by molar-refractivity contribution is -0.0375. The molecule has 4 heteroatoms. The fourth-order valence-corrected chi connectivity index (χ4v) is 3.77. The van der Waals surface area contributed by atoms with Gasteiger partial charge in [-0.25, -0.2) is 4.79 Å². The van der Waals surface area contributed by atoms with E-state index in [-0.39, 0.29) is 18.2 Å². The summed E-state index contributed by atoms with van der Waals surface area (Å²) in [6.07, 6.45) is 10.8. The number of amides is 1. The second-order valence-electron chi connectivity index (χ2n) is 7.12. The van der Waals surface area contributed by atoms with Gasteiger partial charge in [0.25, 0.3) is 0 Å². The molecule has 1 aromatic carbocycles. The standard InChI is InChI=1S/C22H29NO3/c1-2-3-4-5-7-12-19-13-20-16-25-17-21(14-19)23(20)22(24)26-15-18-10-8-6-9-11-18/h2,6,8-11,13,20-21H,1,3-5,7,12,14-17H2. The third kappa shape index (κ3) is 4.98. The molecule has 4 nitrogen and oxygen atoms in total. The van der Waals surface area contributed by atoms with Crippen molar-refractivity contribution in [2.24, 2.45) is 0 Å². The second kappa shape index (κ2) is 9.58. The van der Waals surface area contributed by atoms with E-state index in [1.54, 1.807) is 0 Å². The second-order valence-corrected chi connectivity index (χ2v) is 7.12. The SMILES string of the molecule is C=CCCCCCC1=CC2COCC(C1)N2C(=O)OCc1ccccc1. The minimum atomic E-state index is -0.228. The number of hydrogen-bond donors (Lipinski definition) is 0. The van der Waals surface area contributed by atoms with Crippen molar-refractivity contribution in [1.29, 1.82) is 0 Å². The first-order chi connectivity index (χ1) is 12.8. The van der Waals surface area contributed by atoms with Crippen LogP contribution in [-0.2, 0) is 16.1 Å². The molecular weight excluding hydrogens is 326 g/mol. The van der Waals surface area contributed by atoms with E-state index in [0.29, 0.717) is 19.8 Å². The normalized spacial score (nSPS) is 21.8. The van der Waals surface area contributed by atoms with E-state index in [1.165, 1.54) is 24.8 Å². The number of carbonyl (C=O) groups is 1. The number of carbonyl (C=O) groups excluding carboxylic acids is 1. The van der Waals surface area contributed by atoms with Crippen LogP contribution in [0.25, 0.3) is 0 Å². The van der Waals surface area contributed by atoms with Gasteiger partial charge in [-0.05, 0) is 37.7 Å². The number of morpholine rings is 1. The van der Waals surface area contributed by atoms with E-state index in [0.717, 1.165) is 24.8 Å². The zero-order valence-corrected chi connectivity index (χ0v) is 15.4. The van der Waals surface area contributed by atoms with Gasteiger partial charge in [-0.15, -0.1) is 6.58 Å². The molecule has 3 rings (SSSR count). The zero-order valence-electron chi connectivity index (χ0n) is 15.4. The predicted molar refractivity (Wildman–Crippen MR) is 103 cm³/mol. The highest BCUT2D eigenvalue weighted by molar-refractivity contribution is 5.69. The summed E-state index contributed by atoms with van der Waals surface area (Å²) in [5.74, 6) is 0. The average Bonchev–Trinajstić information content (AvgIpc) is 2.66. The Morgan fingerprint density at radius 1 is 1.23 bits per heavy atom. The Bertz CT molecular complexity index is 626. The Balaban J connectivity index is 1.53. The molecule has 0 radical (unpaired) electrons. The van der Waals surface area contributed by atoms with Crippen LogP contribution in [0.4, 0.5) is 4.79 Å². The minimum absolute atomic E-state index is 0.00829. The number of ether oxygens (including phenoxy) is 2. The van der Waals surface area contributed by atoms with E-state index in [9.17, 15) is 4.79 Å². The van der Waals surface area contributed by atoms with Crippen molar-refractivity contribution in [3.8, 4) is 0 Å². The van der Waals surface area contributed by atoms with Crippen LogP contribution in [0.2, 0.25) is 0 Å². The Kier molecular flexibility index (Phi) is 6.89. The van der Waals surface area contributed by atoms with Crippen molar-refractivity contribution in [2.75, 3.05) is 13.2 Å². The van der Waals surface area contributed by atoms with Crippen LogP contribution in [0.1, 0.15) is 44.1 Å². The summed E-state index contributed by atoms with van der Waals surface area (Å²) in [5, 5.41) is 0. The maximum Gasteiger partial charge on any atom is 0.411 e. The highest BCUT2D eigenvalue weighted by Crippen LogP contribution is 2.30. The maximum absolute atomic E-state index is 12.6. The highest BCUT2D eigenvalue weighted by Gasteiger charge is 2.38. The molecule has 0 spiro atoms. The number of nitrogens with zero attached hydrogens (tertiary/aromatic N) is 1. The smallest absolute Gasteiger partial charge is 0.411 e. The van der Waals surface area contributed by atoms with Gasteiger partial charge in [0.2, 0.25) is 0 Å². The molecule has 140 valence electrons. The first kappa shape index (κ1) is 18.7. The van der Waals surface area contributed by atoms with E-state index in [2.05, 4.69) is 12.7 Å². The van der Waals surface area contributed by atoms with Crippen LogP contribution in [0, 0.1) is 0 Å². The molecule has 1 saturated heterocycles. The van der Waals surface area contributed by atoms with E-state index in [4.69, 9.17) is 9.47 Å². The molecule has 2 unspecified atom stereocenters. The Morgan fingerprint density at radius 3 is 2.85 bits per heavy atom. The molecule has 2 bridgehead atoms. The summed E-state index contributed by atoms with van der Waals surface area (Å²) in [6, 6.07) is 9.92. The molecule has 0 aliphatic carbocycles. The summed E-state index contributed by atoms with van der Waals surface area (Å²) in [6.45, 7) is 5.26. The quantitative estimate of drug-likeness (QED) is 0.494. The Labute approximate surface area is 156 Å². The third-order valence-corrected chi connectivity index (χ3v) is 5.10. The van der Waals surface area contributed by atoms with E-state index in [1.807, 2.05) is 41.3 Å². The first-order valence-corrected chi connectivity index (χ1v) is 9.65. The number of benzene rings is 1. The van der Waals surface area contributed by atoms with Crippen molar-refractivity contribution in [3.05, 3.63) is 60.2 Å². The molecule has 2 aliphatic heterocycles. The molecule has 2 atom stereocenters. The minimum Gasteiger partial charge on any atom is -0.445 e. The summed E-state index contributed by atoms with van der Waals surface area (Å²) in [5.41, 5.74) is 2.48. The van der Waals surface area contributed by atoms with Gasteiger partial charge >= 0.3 is 6.09 Å². The monoisotopic (exact) mass is 355 g/mol. The average molecular weight is 355 g/mol. The summed E-state index contributed by atoms with van der Waals surface area (Å²) < 4.78 is 11.2. The lowest BCUT2D eigenvalue weighted by atomic mass is 9.91. The third-order valence-electron chi connectivity index (χ3n) is 5.10. The molecule has 0 saturated carbocycles. The molecule has 1 fully saturated rings. The van der Waals surface area contributed by atoms with Crippen LogP contribution in [0.3, 0.4) is 0 Å². The molecule has 1 amide bonds. The fourth-order valence-electron chi connectivity index (χ4n) is 3.77. The predicted octanol–water partition coefficient (Wildman–Crippen LogP) is 4.86. The fraction of sp³-hybridized carbons (Fsp3) is 0.500. The van der Waals surface area contributed by atoms with Crippen molar-refractivity contribution in [2.45, 2.75) is 57.2 Å². The van der Waals surface area contributed by atoms with Crippen molar-refractivity contribution in [1.82, 2.24) is 4.90 Å². The lowest BCUT2D eigenvalue weighted by Gasteiger charge is -2.43. The molecule has 2 aliphatic rings. The summed E-state index contributed by atoms with van der Waals surface area (Å²) in [4.78, 5) is 14.5. The van der Waals surface area contributed by atoms with Gasteiger partial charge in [0.05, 0.1) is 25.3 Å². The Morgan fingerprint density at radius 2 is 2.08 bits per heavy atom. The maximum atomic E-state index is 12.6. The number of hydrogen-bond acceptors (Lipinski definition) is 3. The number of rotatable bonds is 8. The van der Waals surface area contributed by atoms with Crippen molar-refractivity contribution >= 4 is 6.09 Å². The topological polar surface area (TPSA) is 38.8 Å². The van der Waals surface area contributed by atoms with Gasteiger partial charge in [-0.1, -0.05) is 54.5 Å². The first-order valence-electron chi connectivity index (χ1n) is 9.65. The Hall–Kier alpha value is -2.07. The van der Waals surface area contributed by atoms with Crippen LogP contribution in [0.5, 0.6) is 0 Å². The highest BCUT2D eigenvalue weighted by atomic mass is 16.6. The van der Waals surface area contributed by atoms with Crippen molar-refractivity contribution < 1.29 is 14.3 Å². The molecule has 26 heavy (non-hydrogen) atoms. The van der Waals surface area contributed by atoms with E-state index < -0.39 is 0 Å². The van der Waals surface area contributed by atoms with Crippen LogP contribution in [-0.4, -0.2) is 36.3 Å². The molecule has 0 aromatic heterocycles. The number of allylic oxidation sites excluding steroid dienone is 1.